The lowest BCUT2D eigenvalue weighted by molar-refractivity contribution is -0.143. The minimum absolute atomic E-state index is 0.106. The number of likely N-dealkylation sites (tertiary alicyclic amines) is 1. The number of nitrogens with one attached hydrogen (secondary N) is 1. The largest absolute Gasteiger partial charge is 0.495 e. The summed E-state index contributed by atoms with van der Waals surface area (Å²) in [6.45, 7) is 0.329. The molecule has 1 aromatic carbocycles. The lowest BCUT2D eigenvalue weighted by Gasteiger charge is -2.33. The molecule has 1 amide bonds. The number of carbonyl (C=O) groups excluding carboxylic acids is 1. The van der Waals surface area contributed by atoms with Gasteiger partial charge < -0.3 is 14.7 Å². The number of carbonyl (C=O) groups is 2. The Kier molecular flexibility index (Phi) is 5.45. The van der Waals surface area contributed by atoms with E-state index in [1.54, 1.807) is 0 Å². The van der Waals surface area contributed by atoms with Crippen molar-refractivity contribution in [2.75, 3.05) is 20.7 Å². The molecule has 0 saturated carbocycles. The zero-order valence-electron chi connectivity index (χ0n) is 13.5. The molecule has 0 unspecified atom stereocenters. The number of sulfonamides is 1. The molecule has 2 N–H and O–H groups in total. The fourth-order valence-corrected chi connectivity index (χ4v) is 3.65. The Labute approximate surface area is 140 Å². The van der Waals surface area contributed by atoms with Crippen LogP contribution in [0, 0.1) is 0 Å². The molecular weight excluding hydrogens is 336 g/mol. The summed E-state index contributed by atoms with van der Waals surface area (Å²) in [5.74, 6) is -1.45. The van der Waals surface area contributed by atoms with Crippen LogP contribution in [-0.2, 0) is 14.8 Å². The van der Waals surface area contributed by atoms with E-state index in [9.17, 15) is 23.1 Å². The summed E-state index contributed by atoms with van der Waals surface area (Å²) >= 11 is 0. The molecule has 2 rings (SSSR count). The zero-order valence-corrected chi connectivity index (χ0v) is 14.3. The summed E-state index contributed by atoms with van der Waals surface area (Å²) in [5, 5.41) is 9.29. The molecule has 1 aliphatic heterocycles. The summed E-state index contributed by atoms with van der Waals surface area (Å²) < 4.78 is 31.4. The van der Waals surface area contributed by atoms with Crippen molar-refractivity contribution in [3.05, 3.63) is 23.8 Å². The van der Waals surface area contributed by atoms with Gasteiger partial charge in [-0.25, -0.2) is 17.9 Å². The van der Waals surface area contributed by atoms with Crippen LogP contribution in [0.25, 0.3) is 0 Å². The van der Waals surface area contributed by atoms with Crippen molar-refractivity contribution in [2.45, 2.75) is 30.2 Å². The SMILES string of the molecule is CNS(=O)(=O)c1cc(C(=O)N2CCCC[C@@H]2C(=O)O)ccc1OC. The van der Waals surface area contributed by atoms with Gasteiger partial charge in [0.05, 0.1) is 7.11 Å². The summed E-state index contributed by atoms with van der Waals surface area (Å²) in [6.07, 6.45) is 1.84. The summed E-state index contributed by atoms with van der Waals surface area (Å²) in [7, 11) is -1.23. The molecule has 132 valence electrons. The second-order valence-corrected chi connectivity index (χ2v) is 7.28. The molecule has 0 aliphatic carbocycles. The first-order valence-electron chi connectivity index (χ1n) is 7.47. The lowest BCUT2D eigenvalue weighted by atomic mass is 10.0. The quantitative estimate of drug-likeness (QED) is 0.802. The molecule has 24 heavy (non-hydrogen) atoms. The van der Waals surface area contributed by atoms with Crippen molar-refractivity contribution in [1.82, 2.24) is 9.62 Å². The van der Waals surface area contributed by atoms with E-state index >= 15 is 0 Å². The molecule has 0 spiro atoms. The van der Waals surface area contributed by atoms with E-state index < -0.39 is 27.9 Å². The van der Waals surface area contributed by atoms with E-state index in [2.05, 4.69) is 4.72 Å². The summed E-state index contributed by atoms with van der Waals surface area (Å²) in [6, 6.07) is 3.14. The van der Waals surface area contributed by atoms with E-state index in [4.69, 9.17) is 4.74 Å². The van der Waals surface area contributed by atoms with Crippen LogP contribution in [0.15, 0.2) is 23.1 Å². The molecule has 1 aromatic rings. The number of benzene rings is 1. The standard InChI is InChI=1S/C15H20N2O6S/c1-16-24(21,22)13-9-10(6-7-12(13)23-2)14(18)17-8-4-3-5-11(17)15(19)20/h6-7,9,11,16H,3-5,8H2,1-2H3,(H,19,20)/t11-/m1/s1. The minimum Gasteiger partial charge on any atom is -0.495 e. The molecule has 1 fully saturated rings. The molecule has 9 heteroatoms. The number of carboxylic acids is 1. The Bertz CT molecular complexity index is 746. The molecule has 1 heterocycles. The van der Waals surface area contributed by atoms with Crippen LogP contribution in [0.3, 0.4) is 0 Å². The van der Waals surface area contributed by atoms with E-state index in [1.165, 1.54) is 37.3 Å². The number of hydrogen-bond donors (Lipinski definition) is 2. The van der Waals surface area contributed by atoms with Gasteiger partial charge in [0, 0.05) is 12.1 Å². The molecule has 0 bridgehead atoms. The third-order valence-corrected chi connectivity index (χ3v) is 5.45. The predicted molar refractivity (Wildman–Crippen MR) is 85.6 cm³/mol. The van der Waals surface area contributed by atoms with Gasteiger partial charge >= 0.3 is 5.97 Å². The van der Waals surface area contributed by atoms with Crippen LogP contribution >= 0.6 is 0 Å². The first-order chi connectivity index (χ1) is 11.3. The van der Waals surface area contributed by atoms with Gasteiger partial charge in [0.2, 0.25) is 10.0 Å². The number of methoxy groups -OCH3 is 1. The maximum atomic E-state index is 12.7. The van der Waals surface area contributed by atoms with Crippen LogP contribution in [0.5, 0.6) is 5.75 Å². The molecule has 0 aromatic heterocycles. The zero-order chi connectivity index (χ0) is 17.9. The van der Waals surface area contributed by atoms with Crippen LogP contribution in [-0.4, -0.2) is 57.0 Å². The average molecular weight is 356 g/mol. The molecule has 1 aliphatic rings. The number of carboxylic acid groups (broad SMARTS) is 1. The van der Waals surface area contributed by atoms with Gasteiger partial charge in [-0.05, 0) is 44.5 Å². The average Bonchev–Trinajstić information content (AvgIpc) is 2.60. The van der Waals surface area contributed by atoms with Crippen LogP contribution in [0.1, 0.15) is 29.6 Å². The molecule has 1 atom stereocenters. The Morgan fingerprint density at radius 2 is 2.04 bits per heavy atom. The normalized spacial score (nSPS) is 18.2. The highest BCUT2D eigenvalue weighted by atomic mass is 32.2. The van der Waals surface area contributed by atoms with E-state index in [1.807, 2.05) is 0 Å². The predicted octanol–water partition coefficient (Wildman–Crippen LogP) is 0.683. The van der Waals surface area contributed by atoms with Crippen LogP contribution in [0.4, 0.5) is 0 Å². The highest BCUT2D eigenvalue weighted by Gasteiger charge is 2.33. The van der Waals surface area contributed by atoms with E-state index in [-0.39, 0.29) is 16.2 Å². The third-order valence-electron chi connectivity index (χ3n) is 4.02. The van der Waals surface area contributed by atoms with Gasteiger partial charge in [-0.15, -0.1) is 0 Å². The van der Waals surface area contributed by atoms with Gasteiger partial charge in [-0.1, -0.05) is 0 Å². The fourth-order valence-electron chi connectivity index (χ4n) is 2.73. The van der Waals surface area contributed by atoms with Crippen molar-refractivity contribution in [2.24, 2.45) is 0 Å². The Hall–Kier alpha value is -2.13. The summed E-state index contributed by atoms with van der Waals surface area (Å²) in [5.41, 5.74) is 0.109. The Balaban J connectivity index is 2.43. The number of aliphatic carboxylic acids is 1. The van der Waals surface area contributed by atoms with Crippen LogP contribution in [0.2, 0.25) is 0 Å². The van der Waals surface area contributed by atoms with Crippen LogP contribution < -0.4 is 9.46 Å². The Morgan fingerprint density at radius 1 is 1.33 bits per heavy atom. The number of rotatable bonds is 5. The second kappa shape index (κ2) is 7.18. The van der Waals surface area contributed by atoms with Gasteiger partial charge in [-0.3, -0.25) is 4.79 Å². The maximum absolute atomic E-state index is 12.7. The highest BCUT2D eigenvalue weighted by Crippen LogP contribution is 2.27. The number of ether oxygens (including phenoxy) is 1. The van der Waals surface area contributed by atoms with Gasteiger partial charge in [0.15, 0.2) is 0 Å². The van der Waals surface area contributed by atoms with Crippen molar-refractivity contribution < 1.29 is 27.9 Å². The third kappa shape index (κ3) is 3.51. The van der Waals surface area contributed by atoms with Gasteiger partial charge in [0.25, 0.3) is 5.91 Å². The van der Waals surface area contributed by atoms with Crippen molar-refractivity contribution in [3.63, 3.8) is 0 Å². The van der Waals surface area contributed by atoms with E-state index in [0.29, 0.717) is 19.4 Å². The fraction of sp³-hybridized carbons (Fsp3) is 0.467. The topological polar surface area (TPSA) is 113 Å². The maximum Gasteiger partial charge on any atom is 0.326 e. The number of hydrogen-bond acceptors (Lipinski definition) is 5. The number of amides is 1. The lowest BCUT2D eigenvalue weighted by Crippen LogP contribution is -2.48. The molecule has 8 nitrogen and oxygen atoms in total. The van der Waals surface area contributed by atoms with Crippen molar-refractivity contribution >= 4 is 21.9 Å². The molecule has 0 radical (unpaired) electrons. The highest BCUT2D eigenvalue weighted by molar-refractivity contribution is 7.89. The number of piperidine rings is 1. The first kappa shape index (κ1) is 18.2. The molecule has 1 saturated heterocycles. The monoisotopic (exact) mass is 356 g/mol. The van der Waals surface area contributed by atoms with E-state index in [0.717, 1.165) is 6.42 Å². The summed E-state index contributed by atoms with van der Waals surface area (Å²) in [4.78, 5) is 25.2. The first-order valence-corrected chi connectivity index (χ1v) is 8.95. The van der Waals surface area contributed by atoms with Gasteiger partial charge in [-0.2, -0.15) is 0 Å². The minimum atomic E-state index is -3.82. The number of nitrogens with zero attached hydrogens (tertiary/aromatic N) is 1. The smallest absolute Gasteiger partial charge is 0.326 e. The van der Waals surface area contributed by atoms with Gasteiger partial charge in [0.1, 0.15) is 16.7 Å². The van der Waals surface area contributed by atoms with Crippen molar-refractivity contribution in [3.8, 4) is 5.75 Å². The molecular formula is C15H20N2O6S. The van der Waals surface area contributed by atoms with Crippen molar-refractivity contribution in [1.29, 1.82) is 0 Å². The second-order valence-electron chi connectivity index (χ2n) is 5.42. The Morgan fingerprint density at radius 3 is 2.62 bits per heavy atom.